The first-order valence-electron chi connectivity index (χ1n) is 6.29. The standard InChI is InChI=1S/C12H15FN2O5S/c13-9-2-1-5-14-10(9)21(18,19)15-8-12(11(16)17)3-6-20-7-4-12/h1-2,5,15H,3-4,6-8H2,(H,16,17). The summed E-state index contributed by atoms with van der Waals surface area (Å²) in [4.78, 5) is 14.9. The maximum absolute atomic E-state index is 13.5. The molecule has 7 nitrogen and oxygen atoms in total. The number of carbonyl (C=O) groups is 1. The molecular weight excluding hydrogens is 303 g/mol. The van der Waals surface area contributed by atoms with Crippen LogP contribution in [0.15, 0.2) is 23.4 Å². The van der Waals surface area contributed by atoms with Crippen molar-refractivity contribution in [2.24, 2.45) is 5.41 Å². The van der Waals surface area contributed by atoms with Gasteiger partial charge >= 0.3 is 5.97 Å². The van der Waals surface area contributed by atoms with Gasteiger partial charge in [-0.3, -0.25) is 4.79 Å². The molecule has 0 bridgehead atoms. The predicted molar refractivity (Wildman–Crippen MR) is 69.5 cm³/mol. The molecule has 0 amide bonds. The first-order valence-corrected chi connectivity index (χ1v) is 7.77. The molecule has 0 unspecified atom stereocenters. The number of nitrogens with zero attached hydrogens (tertiary/aromatic N) is 1. The number of carboxylic acid groups (broad SMARTS) is 1. The molecule has 2 rings (SSSR count). The van der Waals surface area contributed by atoms with Crippen LogP contribution in [0.2, 0.25) is 0 Å². The minimum absolute atomic E-state index is 0.190. The van der Waals surface area contributed by atoms with Gasteiger partial charge in [0.15, 0.2) is 5.82 Å². The lowest BCUT2D eigenvalue weighted by atomic mass is 9.80. The topological polar surface area (TPSA) is 106 Å². The zero-order valence-corrected chi connectivity index (χ0v) is 11.9. The number of hydrogen-bond donors (Lipinski definition) is 2. The van der Waals surface area contributed by atoms with Crippen molar-refractivity contribution in [3.63, 3.8) is 0 Å². The average Bonchev–Trinajstić information content (AvgIpc) is 2.46. The summed E-state index contributed by atoms with van der Waals surface area (Å²) in [5, 5.41) is 8.59. The Bertz CT molecular complexity index is 628. The van der Waals surface area contributed by atoms with Crippen LogP contribution in [-0.2, 0) is 19.6 Å². The van der Waals surface area contributed by atoms with Gasteiger partial charge in [0.25, 0.3) is 10.0 Å². The summed E-state index contributed by atoms with van der Waals surface area (Å²) in [6.45, 7) is 0.155. The normalized spacial score (nSPS) is 18.3. The van der Waals surface area contributed by atoms with Gasteiger partial charge in [0.05, 0.1) is 5.41 Å². The third-order valence-electron chi connectivity index (χ3n) is 3.48. The highest BCUT2D eigenvalue weighted by molar-refractivity contribution is 7.89. The quantitative estimate of drug-likeness (QED) is 0.813. The van der Waals surface area contributed by atoms with Crippen molar-refractivity contribution in [1.82, 2.24) is 9.71 Å². The Hall–Kier alpha value is -1.58. The number of aliphatic carboxylic acids is 1. The third kappa shape index (κ3) is 3.36. The molecule has 0 aromatic carbocycles. The summed E-state index contributed by atoms with van der Waals surface area (Å²) in [5.41, 5.74) is -1.24. The summed E-state index contributed by atoms with van der Waals surface area (Å²) in [6, 6.07) is 2.24. The van der Waals surface area contributed by atoms with Crippen LogP contribution in [-0.4, -0.2) is 44.2 Å². The van der Waals surface area contributed by atoms with Gasteiger partial charge in [-0.1, -0.05) is 0 Å². The van der Waals surface area contributed by atoms with Gasteiger partial charge in [-0.05, 0) is 25.0 Å². The number of aromatic nitrogens is 1. The van der Waals surface area contributed by atoms with Gasteiger partial charge in [-0.25, -0.2) is 22.5 Å². The second kappa shape index (κ2) is 6.04. The molecule has 1 saturated heterocycles. The Kier molecular flexibility index (Phi) is 4.55. The Morgan fingerprint density at radius 1 is 1.48 bits per heavy atom. The van der Waals surface area contributed by atoms with Crippen LogP contribution in [0, 0.1) is 11.2 Å². The van der Waals surface area contributed by atoms with Crippen molar-refractivity contribution in [3.8, 4) is 0 Å². The Morgan fingerprint density at radius 2 is 2.14 bits per heavy atom. The predicted octanol–water partition coefficient (Wildman–Crippen LogP) is 0.380. The first-order chi connectivity index (χ1) is 9.87. The summed E-state index contributed by atoms with van der Waals surface area (Å²) >= 11 is 0. The van der Waals surface area contributed by atoms with Gasteiger partial charge < -0.3 is 9.84 Å². The molecule has 1 aromatic rings. The molecule has 0 aliphatic carbocycles. The summed E-state index contributed by atoms with van der Waals surface area (Å²) in [7, 11) is -4.20. The van der Waals surface area contributed by atoms with Crippen molar-refractivity contribution in [3.05, 3.63) is 24.1 Å². The van der Waals surface area contributed by atoms with Gasteiger partial charge in [0, 0.05) is 26.0 Å². The van der Waals surface area contributed by atoms with Crippen molar-refractivity contribution in [2.45, 2.75) is 17.9 Å². The SMILES string of the molecule is O=C(O)C1(CNS(=O)(=O)c2ncccc2F)CCOCC1. The minimum Gasteiger partial charge on any atom is -0.481 e. The van der Waals surface area contributed by atoms with Crippen LogP contribution in [0.25, 0.3) is 0 Å². The molecule has 0 radical (unpaired) electrons. The largest absolute Gasteiger partial charge is 0.481 e. The molecule has 1 aromatic heterocycles. The van der Waals surface area contributed by atoms with Crippen molar-refractivity contribution < 1.29 is 27.4 Å². The molecule has 116 valence electrons. The van der Waals surface area contributed by atoms with E-state index in [1.165, 1.54) is 6.07 Å². The number of ether oxygens (including phenoxy) is 1. The maximum Gasteiger partial charge on any atom is 0.311 e. The fourth-order valence-electron chi connectivity index (χ4n) is 2.10. The van der Waals surface area contributed by atoms with Gasteiger partial charge in [-0.2, -0.15) is 0 Å². The van der Waals surface area contributed by atoms with Gasteiger partial charge in [-0.15, -0.1) is 0 Å². The van der Waals surface area contributed by atoms with Crippen molar-refractivity contribution in [2.75, 3.05) is 19.8 Å². The van der Waals surface area contributed by atoms with Crippen LogP contribution >= 0.6 is 0 Å². The third-order valence-corrected chi connectivity index (χ3v) is 4.82. The van der Waals surface area contributed by atoms with Gasteiger partial charge in [0.1, 0.15) is 0 Å². The molecule has 0 saturated carbocycles. The van der Waals surface area contributed by atoms with Crippen LogP contribution in [0.1, 0.15) is 12.8 Å². The molecule has 2 heterocycles. The van der Waals surface area contributed by atoms with Crippen LogP contribution in [0.3, 0.4) is 0 Å². The second-order valence-electron chi connectivity index (χ2n) is 4.81. The fourth-order valence-corrected chi connectivity index (χ4v) is 3.23. The van der Waals surface area contributed by atoms with Crippen molar-refractivity contribution in [1.29, 1.82) is 0 Å². The molecule has 21 heavy (non-hydrogen) atoms. The zero-order chi connectivity index (χ0) is 15.5. The first kappa shape index (κ1) is 15.8. The van der Waals surface area contributed by atoms with E-state index < -0.39 is 32.3 Å². The highest BCUT2D eigenvalue weighted by atomic mass is 32.2. The molecule has 0 spiro atoms. The van der Waals surface area contributed by atoms with Crippen LogP contribution in [0.4, 0.5) is 4.39 Å². The number of halogens is 1. The Labute approximate surface area is 121 Å². The van der Waals surface area contributed by atoms with Crippen LogP contribution in [0.5, 0.6) is 0 Å². The molecule has 1 aliphatic heterocycles. The van der Waals surface area contributed by atoms with E-state index >= 15 is 0 Å². The number of pyridine rings is 1. The second-order valence-corrected chi connectivity index (χ2v) is 6.50. The van der Waals surface area contributed by atoms with E-state index in [-0.39, 0.29) is 32.6 Å². The lowest BCUT2D eigenvalue weighted by Crippen LogP contribution is -2.46. The monoisotopic (exact) mass is 318 g/mol. The smallest absolute Gasteiger partial charge is 0.311 e. The Balaban J connectivity index is 2.17. The minimum atomic E-state index is -4.20. The van der Waals surface area contributed by atoms with E-state index in [1.807, 2.05) is 0 Å². The van der Waals surface area contributed by atoms with E-state index in [0.29, 0.717) is 0 Å². The molecule has 9 heteroatoms. The number of carboxylic acids is 1. The van der Waals surface area contributed by atoms with Crippen LogP contribution < -0.4 is 4.72 Å². The molecule has 1 fully saturated rings. The molecule has 2 N–H and O–H groups in total. The lowest BCUT2D eigenvalue weighted by molar-refractivity contribution is -0.154. The lowest BCUT2D eigenvalue weighted by Gasteiger charge is -2.32. The molecule has 0 atom stereocenters. The van der Waals surface area contributed by atoms with Crippen molar-refractivity contribution >= 4 is 16.0 Å². The number of nitrogens with one attached hydrogen (secondary N) is 1. The summed E-state index contributed by atoms with van der Waals surface area (Å²) < 4.78 is 44.8. The zero-order valence-electron chi connectivity index (χ0n) is 11.1. The number of hydrogen-bond acceptors (Lipinski definition) is 5. The highest BCUT2D eigenvalue weighted by Gasteiger charge is 2.41. The Morgan fingerprint density at radius 3 is 2.71 bits per heavy atom. The van der Waals surface area contributed by atoms with E-state index in [9.17, 15) is 22.7 Å². The summed E-state index contributed by atoms with van der Waals surface area (Å²) in [6.07, 6.45) is 1.53. The number of rotatable bonds is 5. The van der Waals surface area contributed by atoms with E-state index in [1.54, 1.807) is 0 Å². The summed E-state index contributed by atoms with van der Waals surface area (Å²) in [5.74, 6) is -2.09. The van der Waals surface area contributed by atoms with E-state index in [4.69, 9.17) is 4.74 Å². The average molecular weight is 318 g/mol. The van der Waals surface area contributed by atoms with E-state index in [2.05, 4.69) is 9.71 Å². The molecule has 1 aliphatic rings. The highest BCUT2D eigenvalue weighted by Crippen LogP contribution is 2.30. The number of sulfonamides is 1. The fraction of sp³-hybridized carbons (Fsp3) is 0.500. The molecular formula is C12H15FN2O5S. The van der Waals surface area contributed by atoms with E-state index in [0.717, 1.165) is 12.3 Å². The maximum atomic E-state index is 13.5. The van der Waals surface area contributed by atoms with Gasteiger partial charge in [0.2, 0.25) is 5.03 Å².